The molecule has 1 heterocycles. The molecule has 5 aromatic rings. The van der Waals surface area contributed by atoms with Crippen LogP contribution in [-0.2, 0) is 20.8 Å². The van der Waals surface area contributed by atoms with Crippen LogP contribution in [0.3, 0.4) is 0 Å². The molecule has 0 bridgehead atoms. The lowest BCUT2D eigenvalue weighted by molar-refractivity contribution is -0.126. The van der Waals surface area contributed by atoms with Crippen molar-refractivity contribution in [3.8, 4) is 34.5 Å². The molecule has 8 N–H and O–H groups in total. The van der Waals surface area contributed by atoms with Gasteiger partial charge in [-0.1, -0.05) is 73.2 Å². The molecule has 12 nitrogen and oxygen atoms in total. The first-order chi connectivity index (χ1) is 28.7. The summed E-state index contributed by atoms with van der Waals surface area (Å²) in [5.41, 5.74) is 6.20. The molecule has 320 valence electrons. The number of carbonyl (C=O) groups excluding carboxylic acids is 3. The van der Waals surface area contributed by atoms with Gasteiger partial charge >= 0.3 is 0 Å². The van der Waals surface area contributed by atoms with Gasteiger partial charge in [-0.15, -0.1) is 0 Å². The molecule has 1 aliphatic heterocycles. The van der Waals surface area contributed by atoms with Crippen LogP contribution in [-0.4, -0.2) is 72.9 Å². The lowest BCUT2D eigenvalue weighted by Gasteiger charge is -2.25. The first-order valence-electron chi connectivity index (χ1n) is 19.4. The molecule has 61 heavy (non-hydrogen) atoms. The molecular weight excluding hydrogens is 775 g/mol. The number of benzene rings is 5. The molecule has 0 aromatic heterocycles. The van der Waals surface area contributed by atoms with E-state index in [0.29, 0.717) is 23.2 Å². The maximum Gasteiger partial charge on any atom is 0.248 e. The number of hydrogen-bond acceptors (Lipinski definition) is 9. The van der Waals surface area contributed by atoms with Gasteiger partial charge in [-0.05, 0) is 129 Å². The van der Waals surface area contributed by atoms with E-state index in [9.17, 15) is 45.0 Å². The van der Waals surface area contributed by atoms with E-state index in [4.69, 9.17) is 0 Å². The largest absolute Gasteiger partial charge is 0.504 e. The number of aromatic hydroxyl groups is 6. The Kier molecular flexibility index (Phi) is 19.2. The second kappa shape index (κ2) is 24.5. The van der Waals surface area contributed by atoms with Crippen molar-refractivity contribution in [1.29, 1.82) is 0 Å². The van der Waals surface area contributed by atoms with Gasteiger partial charge in [0, 0.05) is 43.5 Å². The number of hydrogen-bond donors (Lipinski definition) is 8. The lowest BCUT2D eigenvalue weighted by atomic mass is 10.1. The van der Waals surface area contributed by atoms with Crippen LogP contribution in [0, 0.1) is 13.8 Å². The molecule has 0 unspecified atom stereocenters. The normalized spacial score (nSPS) is 12.1. The quantitative estimate of drug-likeness (QED) is 0.0502. The Morgan fingerprint density at radius 1 is 0.541 bits per heavy atom. The highest BCUT2D eigenvalue weighted by molar-refractivity contribution is 6.02. The maximum atomic E-state index is 11.9. The first kappa shape index (κ1) is 47.9. The number of nitrogens with one attached hydrogen (secondary N) is 2. The second-order valence-corrected chi connectivity index (χ2v) is 14.0. The summed E-state index contributed by atoms with van der Waals surface area (Å²) in [5.74, 6) is -1.58. The molecule has 6 rings (SSSR count). The fourth-order valence-corrected chi connectivity index (χ4v) is 5.63. The molecule has 12 heteroatoms. The minimum Gasteiger partial charge on any atom is -0.504 e. The van der Waals surface area contributed by atoms with Crippen LogP contribution in [0.5, 0.6) is 34.5 Å². The number of amides is 3. The molecule has 1 aliphatic rings. The van der Waals surface area contributed by atoms with E-state index in [-0.39, 0.29) is 59.6 Å². The van der Waals surface area contributed by atoms with Gasteiger partial charge in [-0.3, -0.25) is 14.4 Å². The molecule has 0 spiro atoms. The van der Waals surface area contributed by atoms with E-state index in [1.165, 1.54) is 72.2 Å². The Balaban J connectivity index is 0.000000243. The van der Waals surface area contributed by atoms with Crippen LogP contribution < -0.4 is 10.6 Å². The number of carbonyl (C=O) groups is 3. The third-order valence-corrected chi connectivity index (χ3v) is 9.09. The summed E-state index contributed by atoms with van der Waals surface area (Å²) in [6, 6.07) is 28.9. The highest BCUT2D eigenvalue weighted by Gasteiger charge is 2.13. The van der Waals surface area contributed by atoms with Crippen LogP contribution in [0.1, 0.15) is 60.1 Å². The molecule has 1 fully saturated rings. The Morgan fingerprint density at radius 3 is 1.43 bits per heavy atom. The number of likely N-dealkylation sites (tertiary alicyclic amines) is 1. The van der Waals surface area contributed by atoms with E-state index in [1.54, 1.807) is 36.4 Å². The van der Waals surface area contributed by atoms with E-state index in [0.717, 1.165) is 43.6 Å². The Hall–Kier alpha value is -7.47. The van der Waals surface area contributed by atoms with Crippen molar-refractivity contribution in [2.24, 2.45) is 0 Å². The standard InChI is InChI=1S/C18H19NO3.C16H15NO3.C14H17NO3.CH4/c1-13-2-4-14(5-3-13)10-11-19-18(22)9-7-15-6-8-16(20)17(21)12-15;1-11-2-6-13(7-3-11)17-16(20)9-5-12-4-8-14(18)15(19)10-12;16-12-6-4-11(10-13(12)17)5-7-14(18)15-8-2-1-3-9-15;/h2-9,12,20-21H,10-11H2,1H3,(H,19,22);2-10,18-19H,1H3,(H,17,20);4-7,10,16-17H,1-3,8-9H2;1H4/b9-7+;9-5+;7-5+;. The molecule has 0 radical (unpaired) electrons. The van der Waals surface area contributed by atoms with E-state index in [2.05, 4.69) is 22.8 Å². The molecular formula is C49H55N3O9. The summed E-state index contributed by atoms with van der Waals surface area (Å²) in [4.78, 5) is 37.1. The molecule has 0 atom stereocenters. The van der Waals surface area contributed by atoms with Crippen LogP contribution in [0.4, 0.5) is 5.69 Å². The van der Waals surface area contributed by atoms with Crippen LogP contribution in [0.15, 0.2) is 121 Å². The Labute approximate surface area is 357 Å². The van der Waals surface area contributed by atoms with Crippen molar-refractivity contribution in [1.82, 2.24) is 10.2 Å². The summed E-state index contributed by atoms with van der Waals surface area (Å²) >= 11 is 0. The van der Waals surface area contributed by atoms with Crippen molar-refractivity contribution in [3.05, 3.63) is 155 Å². The van der Waals surface area contributed by atoms with E-state index >= 15 is 0 Å². The summed E-state index contributed by atoms with van der Waals surface area (Å²) in [7, 11) is 0. The third kappa shape index (κ3) is 17.1. The number of aryl methyl sites for hydroxylation is 2. The second-order valence-electron chi connectivity index (χ2n) is 14.0. The molecule has 5 aromatic carbocycles. The summed E-state index contributed by atoms with van der Waals surface area (Å²) in [6.45, 7) is 6.22. The number of piperidine rings is 1. The van der Waals surface area contributed by atoms with Crippen molar-refractivity contribution in [2.45, 2.75) is 47.0 Å². The van der Waals surface area contributed by atoms with Crippen LogP contribution in [0.25, 0.3) is 18.2 Å². The molecule has 3 amide bonds. The maximum absolute atomic E-state index is 11.9. The van der Waals surface area contributed by atoms with Gasteiger partial charge in [-0.25, -0.2) is 0 Å². The van der Waals surface area contributed by atoms with Crippen molar-refractivity contribution in [2.75, 3.05) is 25.0 Å². The number of rotatable bonds is 10. The monoisotopic (exact) mass is 829 g/mol. The third-order valence-electron chi connectivity index (χ3n) is 9.09. The van der Waals surface area contributed by atoms with Gasteiger partial charge in [-0.2, -0.15) is 0 Å². The smallest absolute Gasteiger partial charge is 0.248 e. The Bertz CT molecular complexity index is 2290. The zero-order valence-electron chi connectivity index (χ0n) is 33.6. The van der Waals surface area contributed by atoms with Crippen LogP contribution in [0.2, 0.25) is 0 Å². The van der Waals surface area contributed by atoms with Crippen molar-refractivity contribution < 1.29 is 45.0 Å². The van der Waals surface area contributed by atoms with Crippen molar-refractivity contribution in [3.63, 3.8) is 0 Å². The van der Waals surface area contributed by atoms with E-state index in [1.807, 2.05) is 55.1 Å². The highest BCUT2D eigenvalue weighted by atomic mass is 16.3. The predicted octanol–water partition coefficient (Wildman–Crippen LogP) is 8.60. The molecule has 0 aliphatic carbocycles. The SMILES string of the molecule is C.Cc1ccc(CCNC(=O)/C=C/c2ccc(O)c(O)c2)cc1.Cc1ccc(NC(=O)/C=C/c2ccc(O)c(O)c2)cc1.O=C(/C=C/c1ccc(O)c(O)c1)N1CCCCC1. The zero-order chi connectivity index (χ0) is 43.4. The number of anilines is 1. The zero-order valence-corrected chi connectivity index (χ0v) is 33.6. The minimum absolute atomic E-state index is 0. The average molecular weight is 830 g/mol. The Morgan fingerprint density at radius 2 is 0.967 bits per heavy atom. The summed E-state index contributed by atoms with van der Waals surface area (Å²) in [6.07, 6.45) is 13.2. The summed E-state index contributed by atoms with van der Waals surface area (Å²) in [5, 5.41) is 61.1. The van der Waals surface area contributed by atoms with E-state index < -0.39 is 0 Å². The molecule has 1 saturated heterocycles. The highest BCUT2D eigenvalue weighted by Crippen LogP contribution is 2.27. The van der Waals surface area contributed by atoms with Crippen LogP contribution >= 0.6 is 0 Å². The van der Waals surface area contributed by atoms with Gasteiger partial charge in [0.15, 0.2) is 34.5 Å². The van der Waals surface area contributed by atoms with Crippen molar-refractivity contribution >= 4 is 41.6 Å². The minimum atomic E-state index is -0.263. The first-order valence-corrected chi connectivity index (χ1v) is 19.4. The van der Waals surface area contributed by atoms with Gasteiger partial charge < -0.3 is 46.2 Å². The van der Waals surface area contributed by atoms with Gasteiger partial charge in [0.1, 0.15) is 0 Å². The lowest BCUT2D eigenvalue weighted by Crippen LogP contribution is -2.34. The number of nitrogens with zero attached hydrogens (tertiary/aromatic N) is 1. The summed E-state index contributed by atoms with van der Waals surface area (Å²) < 4.78 is 0. The fraction of sp³-hybridized carbons (Fsp3) is 0.204. The van der Waals surface area contributed by atoms with Gasteiger partial charge in [0.25, 0.3) is 0 Å². The topological polar surface area (TPSA) is 200 Å². The van der Waals surface area contributed by atoms with Gasteiger partial charge in [0.2, 0.25) is 17.7 Å². The number of phenolic OH excluding ortho intramolecular Hbond substituents is 6. The fourth-order valence-electron chi connectivity index (χ4n) is 5.63. The average Bonchev–Trinajstić information content (AvgIpc) is 3.24. The van der Waals surface area contributed by atoms with Gasteiger partial charge in [0.05, 0.1) is 0 Å². The molecule has 0 saturated carbocycles. The number of phenols is 6. The predicted molar refractivity (Wildman–Crippen MR) is 241 cm³/mol.